The Morgan fingerprint density at radius 1 is 1.75 bits per heavy atom. The van der Waals surface area contributed by atoms with Gasteiger partial charge in [-0.25, -0.2) is 0 Å². The minimum atomic E-state index is -0.250. The van der Waals surface area contributed by atoms with Crippen molar-refractivity contribution in [2.75, 3.05) is 6.66 Å². The molecule has 3 heteroatoms. The minimum absolute atomic E-state index is 0. The van der Waals surface area contributed by atoms with Crippen molar-refractivity contribution in [3.63, 3.8) is 0 Å². The smallest absolute Gasteiger partial charge is 0.113 e. The normalized spacial score (nSPS) is 7.50. The third-order valence-electron chi connectivity index (χ3n) is 0. The molecule has 0 fully saturated rings. The lowest BCUT2D eigenvalue weighted by Crippen LogP contribution is -3.00. The summed E-state index contributed by atoms with van der Waals surface area (Å²) in [5.74, 6) is 0. The van der Waals surface area contributed by atoms with Crippen LogP contribution in [0.5, 0.6) is 0 Å². The van der Waals surface area contributed by atoms with E-state index >= 15 is 0 Å². The quantitative estimate of drug-likeness (QED) is 0.359. The van der Waals surface area contributed by atoms with Crippen molar-refractivity contribution in [3.8, 4) is 0 Å². The summed E-state index contributed by atoms with van der Waals surface area (Å²) >= 11 is 0. The Morgan fingerprint density at radius 2 is 1.75 bits per heavy atom. The zero-order valence-electron chi connectivity index (χ0n) is 2.40. The van der Waals surface area contributed by atoms with Crippen molar-refractivity contribution in [1.82, 2.24) is 0 Å². The summed E-state index contributed by atoms with van der Waals surface area (Å²) in [6, 6.07) is 0. The maximum atomic E-state index is 7.65. The van der Waals surface area contributed by atoms with E-state index in [9.17, 15) is 0 Å². The van der Waals surface area contributed by atoms with Crippen LogP contribution in [0.3, 0.4) is 0 Å². The van der Waals surface area contributed by atoms with Gasteiger partial charge in [-0.3, -0.25) is 4.89 Å². The fraction of sp³-hybridized carbons (Fsp3) is 1.00. The third-order valence-corrected chi connectivity index (χ3v) is 0. The Labute approximate surface area is 38.0 Å². The molecule has 0 aliphatic heterocycles. The molecule has 0 aromatic rings. The van der Waals surface area contributed by atoms with Crippen molar-refractivity contribution >= 4 is 8.81 Å². The molecule has 0 aromatic heterocycles. The van der Waals surface area contributed by atoms with Crippen LogP contribution in [0.4, 0.5) is 0 Å². The third kappa shape index (κ3) is 13.3. The molecule has 0 radical (unpaired) electrons. The first-order valence-corrected chi connectivity index (χ1v) is 2.51. The first-order valence-electron chi connectivity index (χ1n) is 0.836. The van der Waals surface area contributed by atoms with Crippen LogP contribution in [0.15, 0.2) is 0 Å². The molecule has 0 aromatic carbocycles. The first-order chi connectivity index (χ1) is 1.41. The van der Waals surface area contributed by atoms with Crippen LogP contribution in [0.1, 0.15) is 0 Å². The SMILES string of the molecule is C[PH2+]O.[Br-]. The fourth-order valence-corrected chi connectivity index (χ4v) is 0. The van der Waals surface area contributed by atoms with Gasteiger partial charge in [-0.1, -0.05) is 0 Å². The molecule has 0 spiro atoms. The lowest BCUT2D eigenvalue weighted by Gasteiger charge is -1.42. The molecule has 0 saturated heterocycles. The second-order valence-corrected chi connectivity index (χ2v) is 0.775. The van der Waals surface area contributed by atoms with E-state index in [4.69, 9.17) is 4.89 Å². The van der Waals surface area contributed by atoms with Gasteiger partial charge in [0.2, 0.25) is 0 Å². The first kappa shape index (κ1) is 8.85. The Bertz CT molecular complexity index is 8.00. The van der Waals surface area contributed by atoms with Crippen molar-refractivity contribution < 1.29 is 21.9 Å². The second-order valence-electron chi connectivity index (χ2n) is 0.258. The molecule has 28 valence electrons. The highest BCUT2D eigenvalue weighted by Crippen LogP contribution is 1.83. The lowest BCUT2D eigenvalue weighted by atomic mass is 12.0. The number of hydrogen-bond donors (Lipinski definition) is 1. The number of rotatable bonds is 0. The van der Waals surface area contributed by atoms with Gasteiger partial charge in [-0.05, 0) is 0 Å². The van der Waals surface area contributed by atoms with Gasteiger partial charge in [0.15, 0.2) is 0 Å². The Morgan fingerprint density at radius 3 is 1.75 bits per heavy atom. The zero-order valence-corrected chi connectivity index (χ0v) is 5.14. The molecule has 0 saturated carbocycles. The van der Waals surface area contributed by atoms with E-state index in [1.165, 1.54) is 0 Å². The van der Waals surface area contributed by atoms with Gasteiger partial charge < -0.3 is 17.0 Å². The number of hydrogen-bond acceptors (Lipinski definition) is 1. The highest BCUT2D eigenvalue weighted by atomic mass is 79.9. The van der Waals surface area contributed by atoms with E-state index < -0.39 is 0 Å². The molecular weight excluding hydrogens is 139 g/mol. The molecule has 0 aliphatic rings. The van der Waals surface area contributed by atoms with Crippen LogP contribution in [0.25, 0.3) is 0 Å². The predicted octanol–water partition coefficient (Wildman–Crippen LogP) is -3.06. The van der Waals surface area contributed by atoms with E-state index in [1.54, 1.807) is 6.66 Å². The monoisotopic (exact) mass is 144 g/mol. The van der Waals surface area contributed by atoms with Gasteiger partial charge in [0.25, 0.3) is 0 Å². The molecule has 0 bridgehead atoms. The minimum Gasteiger partial charge on any atom is -1.00 e. The summed E-state index contributed by atoms with van der Waals surface area (Å²) in [4.78, 5) is 7.65. The zero-order chi connectivity index (χ0) is 2.71. The van der Waals surface area contributed by atoms with Crippen LogP contribution in [-0.2, 0) is 0 Å². The van der Waals surface area contributed by atoms with Crippen LogP contribution in [0, 0.1) is 0 Å². The Balaban J connectivity index is 0. The van der Waals surface area contributed by atoms with Gasteiger partial charge in [-0.15, -0.1) is 0 Å². The summed E-state index contributed by atoms with van der Waals surface area (Å²) in [6.07, 6.45) is 0. The molecule has 0 rings (SSSR count). The Kier molecular flexibility index (Phi) is 20.2. The highest BCUT2D eigenvalue weighted by Gasteiger charge is 1.44. The average molecular weight is 145 g/mol. The molecular formula is CH6BrOP. The van der Waals surface area contributed by atoms with Crippen molar-refractivity contribution in [1.29, 1.82) is 0 Å². The van der Waals surface area contributed by atoms with Gasteiger partial charge in [-0.2, -0.15) is 0 Å². The fourth-order valence-electron chi connectivity index (χ4n) is 0. The maximum absolute atomic E-state index is 7.65. The van der Waals surface area contributed by atoms with Crippen LogP contribution in [0.2, 0.25) is 0 Å². The summed E-state index contributed by atoms with van der Waals surface area (Å²) < 4.78 is 0. The van der Waals surface area contributed by atoms with E-state index in [2.05, 4.69) is 0 Å². The topological polar surface area (TPSA) is 20.2 Å². The molecule has 4 heavy (non-hydrogen) atoms. The second kappa shape index (κ2) is 9.12. The summed E-state index contributed by atoms with van der Waals surface area (Å²) in [5, 5.41) is 0. The van der Waals surface area contributed by atoms with Crippen LogP contribution >= 0.6 is 8.81 Å². The van der Waals surface area contributed by atoms with E-state index in [-0.39, 0.29) is 25.8 Å². The number of halogens is 1. The largest absolute Gasteiger partial charge is 1.00 e. The molecule has 1 unspecified atom stereocenters. The van der Waals surface area contributed by atoms with Gasteiger partial charge in [0.1, 0.15) is 8.81 Å². The predicted molar refractivity (Wildman–Crippen MR) is 17.9 cm³/mol. The molecule has 0 aliphatic carbocycles. The van der Waals surface area contributed by atoms with Gasteiger partial charge in [0, 0.05) is 0 Å². The van der Waals surface area contributed by atoms with Gasteiger partial charge >= 0.3 is 0 Å². The molecule has 1 N–H and O–H groups in total. The molecule has 0 amide bonds. The van der Waals surface area contributed by atoms with E-state index in [0.29, 0.717) is 0 Å². The van der Waals surface area contributed by atoms with E-state index in [0.717, 1.165) is 0 Å². The molecule has 1 nitrogen and oxygen atoms in total. The van der Waals surface area contributed by atoms with Crippen LogP contribution in [-0.4, -0.2) is 11.6 Å². The lowest BCUT2D eigenvalue weighted by molar-refractivity contribution is -0.00000164. The Hall–Kier alpha value is 0.870. The van der Waals surface area contributed by atoms with Crippen molar-refractivity contribution in [3.05, 3.63) is 0 Å². The average Bonchev–Trinajstić information content (AvgIpc) is 0.918. The standard InChI is InChI=1S/CH5OP.BrH/c1-3-2;/h2-3H,1H3;1H. The summed E-state index contributed by atoms with van der Waals surface area (Å²) in [5.41, 5.74) is 0. The maximum Gasteiger partial charge on any atom is 0.113 e. The van der Waals surface area contributed by atoms with Crippen molar-refractivity contribution in [2.24, 2.45) is 0 Å². The summed E-state index contributed by atoms with van der Waals surface area (Å²) in [7, 11) is -0.250. The van der Waals surface area contributed by atoms with Crippen LogP contribution < -0.4 is 17.0 Å². The van der Waals surface area contributed by atoms with Crippen molar-refractivity contribution in [2.45, 2.75) is 0 Å². The highest BCUT2D eigenvalue weighted by molar-refractivity contribution is 7.29. The van der Waals surface area contributed by atoms with Gasteiger partial charge in [0.05, 0.1) is 6.66 Å². The summed E-state index contributed by atoms with van der Waals surface area (Å²) in [6.45, 7) is 1.76. The van der Waals surface area contributed by atoms with E-state index in [1.807, 2.05) is 0 Å². The molecule has 1 atom stereocenters. The molecule has 0 heterocycles.